The Labute approximate surface area is 221 Å². The van der Waals surface area contributed by atoms with Crippen LogP contribution in [0.5, 0.6) is 5.88 Å². The van der Waals surface area contributed by atoms with Gasteiger partial charge in [0.05, 0.1) is 6.20 Å². The minimum atomic E-state index is -1.42. The number of amides is 1. The summed E-state index contributed by atoms with van der Waals surface area (Å²) in [5.74, 6) is 0.795. The first-order chi connectivity index (χ1) is 17.1. The number of aromatic nitrogens is 2. The lowest BCUT2D eigenvalue weighted by Crippen LogP contribution is -2.66. The smallest absolute Gasteiger partial charge is 0.410 e. The molecular formula is C30H43N3O4. The molecule has 1 saturated heterocycles. The number of carbonyl (C=O) groups is 1. The molecule has 4 rings (SSSR count). The van der Waals surface area contributed by atoms with Gasteiger partial charge in [0, 0.05) is 35.5 Å². The van der Waals surface area contributed by atoms with E-state index in [1.165, 1.54) is 5.56 Å². The molecule has 1 aliphatic heterocycles. The van der Waals surface area contributed by atoms with Crippen LogP contribution in [0.25, 0.3) is 0 Å². The molecule has 202 valence electrons. The molecule has 1 aromatic carbocycles. The van der Waals surface area contributed by atoms with Crippen LogP contribution in [-0.4, -0.2) is 51.1 Å². The number of hydrogen-bond donors (Lipinski definition) is 1. The van der Waals surface area contributed by atoms with Gasteiger partial charge in [-0.3, -0.25) is 0 Å². The van der Waals surface area contributed by atoms with Crippen molar-refractivity contribution in [2.24, 2.45) is 10.8 Å². The van der Waals surface area contributed by atoms with E-state index in [-0.39, 0.29) is 17.6 Å². The van der Waals surface area contributed by atoms with E-state index in [1.54, 1.807) is 11.1 Å². The van der Waals surface area contributed by atoms with E-state index < -0.39 is 16.6 Å². The van der Waals surface area contributed by atoms with Crippen LogP contribution in [0.3, 0.4) is 0 Å². The molecule has 0 radical (unpaired) electrons. The van der Waals surface area contributed by atoms with Gasteiger partial charge >= 0.3 is 6.09 Å². The van der Waals surface area contributed by atoms with Crippen molar-refractivity contribution in [1.82, 2.24) is 15.1 Å². The van der Waals surface area contributed by atoms with Crippen molar-refractivity contribution < 1.29 is 19.4 Å². The number of benzene rings is 1. The van der Waals surface area contributed by atoms with Gasteiger partial charge in [-0.2, -0.15) is 5.10 Å². The van der Waals surface area contributed by atoms with Gasteiger partial charge in [0.2, 0.25) is 5.88 Å². The molecule has 0 spiro atoms. The summed E-state index contributed by atoms with van der Waals surface area (Å²) < 4.78 is 11.9. The van der Waals surface area contributed by atoms with Crippen molar-refractivity contribution in [3.05, 3.63) is 53.2 Å². The van der Waals surface area contributed by atoms with E-state index in [0.29, 0.717) is 30.5 Å². The van der Waals surface area contributed by atoms with Gasteiger partial charge < -0.3 is 19.5 Å². The first kappa shape index (κ1) is 27.4. The number of carbonyl (C=O) groups excluding carboxylic acids is 1. The van der Waals surface area contributed by atoms with Gasteiger partial charge in [0.25, 0.3) is 0 Å². The van der Waals surface area contributed by atoms with Crippen molar-refractivity contribution in [3.8, 4) is 5.88 Å². The van der Waals surface area contributed by atoms with Crippen molar-refractivity contribution in [3.63, 3.8) is 0 Å². The summed E-state index contributed by atoms with van der Waals surface area (Å²) >= 11 is 0. The van der Waals surface area contributed by atoms with Gasteiger partial charge in [-0.15, -0.1) is 5.10 Å². The summed E-state index contributed by atoms with van der Waals surface area (Å²) in [6.45, 7) is 17.0. The van der Waals surface area contributed by atoms with Gasteiger partial charge in [-0.05, 0) is 57.1 Å². The Kier molecular flexibility index (Phi) is 7.08. The number of hydrogen-bond acceptors (Lipinski definition) is 6. The van der Waals surface area contributed by atoms with Crippen LogP contribution in [0.1, 0.15) is 97.3 Å². The Morgan fingerprint density at radius 2 is 1.76 bits per heavy atom. The molecule has 2 unspecified atom stereocenters. The SMILES string of the molecule is CC(C)c1ccc(C(O)(c2cnnc(OC3CCCC3(C)C)c2)C2(C)CN(C(=O)OC(C)(C)C)C2)cc1. The highest BCUT2D eigenvalue weighted by molar-refractivity contribution is 5.70. The Morgan fingerprint density at radius 1 is 1.11 bits per heavy atom. The molecule has 1 amide bonds. The normalized spacial score (nSPS) is 22.3. The Hall–Kier alpha value is -2.67. The second kappa shape index (κ2) is 9.57. The molecule has 2 atom stereocenters. The van der Waals surface area contributed by atoms with Crippen LogP contribution in [0.4, 0.5) is 4.79 Å². The molecule has 1 aromatic heterocycles. The number of aliphatic hydroxyl groups is 1. The lowest BCUT2D eigenvalue weighted by Gasteiger charge is -2.56. The van der Waals surface area contributed by atoms with E-state index in [2.05, 4.69) is 50.0 Å². The molecule has 0 bridgehead atoms. The molecule has 1 aliphatic carbocycles. The largest absolute Gasteiger partial charge is 0.473 e. The molecule has 2 heterocycles. The van der Waals surface area contributed by atoms with E-state index in [9.17, 15) is 9.90 Å². The predicted octanol–water partition coefficient (Wildman–Crippen LogP) is 6.05. The zero-order chi connectivity index (χ0) is 27.2. The Balaban J connectivity index is 1.69. The van der Waals surface area contributed by atoms with Crippen molar-refractivity contribution >= 4 is 6.09 Å². The maximum atomic E-state index is 12.7. The van der Waals surface area contributed by atoms with E-state index >= 15 is 0 Å². The monoisotopic (exact) mass is 509 g/mol. The third kappa shape index (κ3) is 5.33. The molecule has 7 heteroatoms. The summed E-state index contributed by atoms with van der Waals surface area (Å²) in [5, 5.41) is 21.1. The molecule has 7 nitrogen and oxygen atoms in total. The fourth-order valence-electron chi connectivity index (χ4n) is 5.71. The number of ether oxygens (including phenoxy) is 2. The minimum Gasteiger partial charge on any atom is -0.473 e. The van der Waals surface area contributed by atoms with E-state index in [0.717, 1.165) is 24.8 Å². The highest BCUT2D eigenvalue weighted by atomic mass is 16.6. The van der Waals surface area contributed by atoms with E-state index in [4.69, 9.17) is 9.47 Å². The number of rotatable bonds is 6. The Morgan fingerprint density at radius 3 is 2.30 bits per heavy atom. The van der Waals surface area contributed by atoms with Crippen LogP contribution in [-0.2, 0) is 10.3 Å². The zero-order valence-electron chi connectivity index (χ0n) is 23.7. The lowest BCUT2D eigenvalue weighted by molar-refractivity contribution is -0.131. The lowest BCUT2D eigenvalue weighted by atomic mass is 9.62. The Bertz CT molecular complexity index is 1120. The fourth-order valence-corrected chi connectivity index (χ4v) is 5.71. The van der Waals surface area contributed by atoms with Crippen molar-refractivity contribution in [1.29, 1.82) is 0 Å². The molecular weight excluding hydrogens is 466 g/mol. The fraction of sp³-hybridized carbons (Fsp3) is 0.633. The predicted molar refractivity (Wildman–Crippen MR) is 144 cm³/mol. The third-order valence-electron chi connectivity index (χ3n) is 8.07. The quantitative estimate of drug-likeness (QED) is 0.510. The molecule has 2 aliphatic rings. The standard InChI is InChI=1S/C30H43N3O4/c1-20(2)21-11-13-22(14-12-21)30(35,29(8)18-33(19-29)26(34)37-27(3,4)5)23-16-25(32-31-17-23)36-24-10-9-15-28(24,6)7/h11-14,16-17,20,24,35H,9-10,15,18-19H2,1-8H3. The van der Waals surface area contributed by atoms with Gasteiger partial charge in [-0.25, -0.2) is 4.79 Å². The maximum absolute atomic E-state index is 12.7. The van der Waals surface area contributed by atoms with Crippen molar-refractivity contribution in [2.75, 3.05) is 13.1 Å². The summed E-state index contributed by atoms with van der Waals surface area (Å²) in [6.07, 6.45) is 4.50. The summed E-state index contributed by atoms with van der Waals surface area (Å²) in [6, 6.07) is 9.91. The maximum Gasteiger partial charge on any atom is 0.410 e. The summed E-state index contributed by atoms with van der Waals surface area (Å²) in [4.78, 5) is 14.4. The average molecular weight is 510 g/mol. The van der Waals surface area contributed by atoms with E-state index in [1.807, 2.05) is 45.9 Å². The molecule has 2 fully saturated rings. The number of likely N-dealkylation sites (tertiary alicyclic amines) is 1. The molecule has 2 aromatic rings. The minimum absolute atomic E-state index is 0.0532. The van der Waals surface area contributed by atoms with Gasteiger partial charge in [0.1, 0.15) is 17.3 Å². The van der Waals surface area contributed by atoms with Crippen LogP contribution < -0.4 is 4.74 Å². The van der Waals surface area contributed by atoms with Crippen molar-refractivity contribution in [2.45, 2.75) is 97.9 Å². The first-order valence-electron chi connectivity index (χ1n) is 13.5. The molecule has 37 heavy (non-hydrogen) atoms. The summed E-state index contributed by atoms with van der Waals surface area (Å²) in [5.41, 5.74) is -0.0485. The van der Waals surface area contributed by atoms with Crippen LogP contribution in [0, 0.1) is 10.8 Å². The highest BCUT2D eigenvalue weighted by Crippen LogP contribution is 2.51. The second-order valence-corrected chi connectivity index (χ2v) is 13.2. The average Bonchev–Trinajstić information content (AvgIpc) is 3.12. The zero-order valence-corrected chi connectivity index (χ0v) is 23.7. The van der Waals surface area contributed by atoms with Crippen LogP contribution in [0.2, 0.25) is 0 Å². The molecule has 1 N–H and O–H groups in total. The first-order valence-corrected chi connectivity index (χ1v) is 13.5. The second-order valence-electron chi connectivity index (χ2n) is 13.2. The summed E-state index contributed by atoms with van der Waals surface area (Å²) in [7, 11) is 0. The molecule has 1 saturated carbocycles. The third-order valence-corrected chi connectivity index (χ3v) is 8.07. The van der Waals surface area contributed by atoms with Crippen LogP contribution >= 0.6 is 0 Å². The topological polar surface area (TPSA) is 84.8 Å². The van der Waals surface area contributed by atoms with Gasteiger partial charge in [-0.1, -0.05) is 58.9 Å². The highest BCUT2D eigenvalue weighted by Gasteiger charge is 2.58. The van der Waals surface area contributed by atoms with Crippen LogP contribution in [0.15, 0.2) is 36.5 Å². The van der Waals surface area contributed by atoms with Gasteiger partial charge in [0.15, 0.2) is 0 Å². The number of nitrogens with zero attached hydrogens (tertiary/aromatic N) is 3.